The number of aliphatic hydroxyl groups is 1. The molecule has 0 bridgehead atoms. The predicted octanol–water partition coefficient (Wildman–Crippen LogP) is 2.41. The summed E-state index contributed by atoms with van der Waals surface area (Å²) in [6.45, 7) is -0.0363. The van der Waals surface area contributed by atoms with Crippen molar-refractivity contribution in [1.82, 2.24) is 9.97 Å². The van der Waals surface area contributed by atoms with E-state index in [1.807, 2.05) is 0 Å². The van der Waals surface area contributed by atoms with Gasteiger partial charge in [-0.2, -0.15) is 0 Å². The highest BCUT2D eigenvalue weighted by Gasteiger charge is 2.05. The molecule has 0 spiro atoms. The topological polar surface area (TPSA) is 55.2 Å². The molecule has 1 N–H and O–H groups in total. The molecule has 0 unspecified atom stereocenters. The quantitative estimate of drug-likeness (QED) is 0.889. The number of aliphatic hydroxyl groups excluding tert-OH is 1. The summed E-state index contributed by atoms with van der Waals surface area (Å²) in [5.41, 5.74) is 0.762. The molecule has 16 heavy (non-hydrogen) atoms. The molecule has 0 saturated heterocycles. The Morgan fingerprint density at radius 1 is 1.25 bits per heavy atom. The lowest BCUT2D eigenvalue weighted by Gasteiger charge is -2.06. The summed E-state index contributed by atoms with van der Waals surface area (Å²) < 4.78 is 5.43. The lowest BCUT2D eigenvalue weighted by atomic mass is 10.2. The number of nitrogens with zero attached hydrogens (tertiary/aromatic N) is 2. The molecule has 0 aliphatic carbocycles. The van der Waals surface area contributed by atoms with Crippen molar-refractivity contribution in [2.24, 2.45) is 0 Å². The molecule has 0 fully saturated rings. The number of benzene rings is 1. The van der Waals surface area contributed by atoms with Crippen molar-refractivity contribution in [1.29, 1.82) is 0 Å². The van der Waals surface area contributed by atoms with Gasteiger partial charge in [0.1, 0.15) is 5.75 Å². The first kappa shape index (κ1) is 10.9. The van der Waals surface area contributed by atoms with Crippen LogP contribution in [0.4, 0.5) is 0 Å². The molecular weight excluding hydrogens is 228 g/mol. The Labute approximate surface area is 97.5 Å². The van der Waals surface area contributed by atoms with Crippen LogP contribution in [0.1, 0.15) is 5.56 Å². The van der Waals surface area contributed by atoms with Crippen LogP contribution in [0.2, 0.25) is 5.15 Å². The van der Waals surface area contributed by atoms with E-state index < -0.39 is 0 Å². The molecule has 2 aromatic rings. The van der Waals surface area contributed by atoms with Gasteiger partial charge in [0.2, 0.25) is 0 Å². The molecule has 1 aromatic heterocycles. The second-order valence-electron chi connectivity index (χ2n) is 3.06. The van der Waals surface area contributed by atoms with Crippen molar-refractivity contribution in [3.05, 3.63) is 47.4 Å². The van der Waals surface area contributed by atoms with Crippen LogP contribution in [-0.4, -0.2) is 15.1 Å². The van der Waals surface area contributed by atoms with Crippen LogP contribution in [0.3, 0.4) is 0 Å². The van der Waals surface area contributed by atoms with Gasteiger partial charge < -0.3 is 9.84 Å². The molecule has 2 rings (SSSR count). The van der Waals surface area contributed by atoms with E-state index in [-0.39, 0.29) is 17.6 Å². The number of rotatable bonds is 3. The molecule has 0 radical (unpaired) electrons. The first-order valence-corrected chi connectivity index (χ1v) is 5.01. The molecule has 1 heterocycles. The largest absolute Gasteiger partial charge is 0.436 e. The second-order valence-corrected chi connectivity index (χ2v) is 3.42. The predicted molar refractivity (Wildman–Crippen MR) is 59.5 cm³/mol. The number of ether oxygens (including phenoxy) is 1. The first-order valence-electron chi connectivity index (χ1n) is 4.64. The summed E-state index contributed by atoms with van der Waals surface area (Å²) in [4.78, 5) is 7.80. The Kier molecular flexibility index (Phi) is 3.34. The average Bonchev–Trinajstić information content (AvgIpc) is 2.32. The number of halogens is 1. The highest BCUT2D eigenvalue weighted by atomic mass is 35.5. The van der Waals surface area contributed by atoms with Crippen molar-refractivity contribution >= 4 is 11.6 Å². The van der Waals surface area contributed by atoms with Gasteiger partial charge in [0.25, 0.3) is 5.88 Å². The molecule has 5 heteroatoms. The van der Waals surface area contributed by atoms with E-state index in [4.69, 9.17) is 21.4 Å². The Morgan fingerprint density at radius 2 is 2.06 bits per heavy atom. The lowest BCUT2D eigenvalue weighted by Crippen LogP contribution is -1.91. The van der Waals surface area contributed by atoms with Crippen LogP contribution in [0.5, 0.6) is 11.6 Å². The molecular formula is C11H9ClN2O2. The fourth-order valence-corrected chi connectivity index (χ4v) is 1.34. The third-order valence-corrected chi connectivity index (χ3v) is 2.18. The SMILES string of the molecule is OCc1cccc(Oc2nccnc2Cl)c1. The molecule has 0 atom stereocenters. The summed E-state index contributed by atoms with van der Waals surface area (Å²) in [6.07, 6.45) is 2.98. The zero-order chi connectivity index (χ0) is 11.4. The van der Waals surface area contributed by atoms with Gasteiger partial charge in [0, 0.05) is 12.4 Å². The third-order valence-electron chi connectivity index (χ3n) is 1.92. The third kappa shape index (κ3) is 2.48. The van der Waals surface area contributed by atoms with Crippen LogP contribution >= 0.6 is 11.6 Å². The fraction of sp³-hybridized carbons (Fsp3) is 0.0909. The zero-order valence-corrected chi connectivity index (χ0v) is 9.05. The maximum Gasteiger partial charge on any atom is 0.257 e. The molecule has 0 saturated carbocycles. The van der Waals surface area contributed by atoms with E-state index in [0.29, 0.717) is 5.75 Å². The van der Waals surface area contributed by atoms with Crippen molar-refractivity contribution in [2.75, 3.05) is 0 Å². The van der Waals surface area contributed by atoms with E-state index in [9.17, 15) is 0 Å². The molecule has 82 valence electrons. The second kappa shape index (κ2) is 4.92. The van der Waals surface area contributed by atoms with E-state index >= 15 is 0 Å². The molecule has 0 aliphatic rings. The molecule has 1 aromatic carbocycles. The maximum absolute atomic E-state index is 8.97. The van der Waals surface area contributed by atoms with Crippen LogP contribution in [-0.2, 0) is 6.61 Å². The maximum atomic E-state index is 8.97. The van der Waals surface area contributed by atoms with E-state index in [2.05, 4.69) is 9.97 Å². The van der Waals surface area contributed by atoms with Crippen molar-refractivity contribution in [3.63, 3.8) is 0 Å². The van der Waals surface area contributed by atoms with Crippen LogP contribution < -0.4 is 4.74 Å². The number of hydrogen-bond acceptors (Lipinski definition) is 4. The van der Waals surface area contributed by atoms with Crippen LogP contribution in [0, 0.1) is 0 Å². The average molecular weight is 237 g/mol. The smallest absolute Gasteiger partial charge is 0.257 e. The highest BCUT2D eigenvalue weighted by molar-refractivity contribution is 6.30. The Morgan fingerprint density at radius 3 is 2.81 bits per heavy atom. The minimum absolute atomic E-state index is 0.0363. The van der Waals surface area contributed by atoms with Gasteiger partial charge in [0.15, 0.2) is 5.15 Å². The highest BCUT2D eigenvalue weighted by Crippen LogP contribution is 2.25. The van der Waals surface area contributed by atoms with Gasteiger partial charge in [-0.3, -0.25) is 0 Å². The first-order chi connectivity index (χ1) is 7.79. The summed E-state index contributed by atoms with van der Waals surface area (Å²) in [5, 5.41) is 9.18. The van der Waals surface area contributed by atoms with Crippen LogP contribution in [0.25, 0.3) is 0 Å². The standard InChI is InChI=1S/C11H9ClN2O2/c12-10-11(14-5-4-13-10)16-9-3-1-2-8(6-9)7-15/h1-6,15H,7H2. The normalized spacial score (nSPS) is 10.1. The van der Waals surface area contributed by atoms with Crippen LogP contribution in [0.15, 0.2) is 36.7 Å². The van der Waals surface area contributed by atoms with E-state index in [0.717, 1.165) is 5.56 Å². The lowest BCUT2D eigenvalue weighted by molar-refractivity contribution is 0.281. The Bertz CT molecular complexity index is 491. The summed E-state index contributed by atoms with van der Waals surface area (Å²) in [5.74, 6) is 0.813. The number of aromatic nitrogens is 2. The zero-order valence-electron chi connectivity index (χ0n) is 8.30. The minimum atomic E-state index is -0.0363. The van der Waals surface area contributed by atoms with E-state index in [1.165, 1.54) is 12.4 Å². The molecule has 4 nitrogen and oxygen atoms in total. The van der Waals surface area contributed by atoms with Crippen molar-refractivity contribution in [2.45, 2.75) is 6.61 Å². The van der Waals surface area contributed by atoms with Gasteiger partial charge in [0.05, 0.1) is 6.61 Å². The fourth-order valence-electron chi connectivity index (χ4n) is 1.20. The van der Waals surface area contributed by atoms with Crippen molar-refractivity contribution in [3.8, 4) is 11.6 Å². The van der Waals surface area contributed by atoms with Gasteiger partial charge in [-0.15, -0.1) is 0 Å². The monoisotopic (exact) mass is 236 g/mol. The minimum Gasteiger partial charge on any atom is -0.436 e. The molecule has 0 aliphatic heterocycles. The summed E-state index contributed by atoms with van der Waals surface area (Å²) in [6, 6.07) is 7.05. The van der Waals surface area contributed by atoms with Gasteiger partial charge in [-0.25, -0.2) is 9.97 Å². The Balaban J connectivity index is 2.24. The van der Waals surface area contributed by atoms with E-state index in [1.54, 1.807) is 24.3 Å². The molecule has 0 amide bonds. The number of hydrogen-bond donors (Lipinski definition) is 1. The summed E-state index contributed by atoms with van der Waals surface area (Å²) in [7, 11) is 0. The van der Waals surface area contributed by atoms with Gasteiger partial charge in [-0.1, -0.05) is 23.7 Å². The Hall–Kier alpha value is -1.65. The van der Waals surface area contributed by atoms with Gasteiger partial charge >= 0.3 is 0 Å². The summed E-state index contributed by atoms with van der Waals surface area (Å²) >= 11 is 5.80. The van der Waals surface area contributed by atoms with Gasteiger partial charge in [-0.05, 0) is 17.7 Å². The van der Waals surface area contributed by atoms with Crippen molar-refractivity contribution < 1.29 is 9.84 Å².